The molecule has 1 unspecified atom stereocenters. The standard InChI is InChI=1S/C12H18O6S/c1-6-5-19-12(18-9(4)15)11(17-8(3)14)10(6)16-7(2)13/h6,10-12H,5H2,1-4H3/t6-,10+,11-,12?/m1/s1. The van der Waals surface area contributed by atoms with E-state index in [9.17, 15) is 14.4 Å². The lowest BCUT2D eigenvalue weighted by molar-refractivity contribution is -0.180. The molecule has 4 atom stereocenters. The van der Waals surface area contributed by atoms with Gasteiger partial charge in [-0.3, -0.25) is 14.4 Å². The van der Waals surface area contributed by atoms with Crippen molar-refractivity contribution in [3.8, 4) is 0 Å². The molecule has 0 aromatic rings. The molecule has 0 aromatic heterocycles. The minimum atomic E-state index is -0.779. The van der Waals surface area contributed by atoms with Crippen LogP contribution in [-0.2, 0) is 28.6 Å². The van der Waals surface area contributed by atoms with Gasteiger partial charge in [0.15, 0.2) is 11.5 Å². The average molecular weight is 290 g/mol. The van der Waals surface area contributed by atoms with Gasteiger partial charge < -0.3 is 14.2 Å². The zero-order valence-electron chi connectivity index (χ0n) is 11.4. The van der Waals surface area contributed by atoms with Gasteiger partial charge in [-0.05, 0) is 0 Å². The molecule has 1 heterocycles. The van der Waals surface area contributed by atoms with Crippen LogP contribution in [0.4, 0.5) is 0 Å². The topological polar surface area (TPSA) is 78.9 Å². The van der Waals surface area contributed by atoms with Crippen LogP contribution in [0, 0.1) is 5.92 Å². The summed E-state index contributed by atoms with van der Waals surface area (Å²) in [4.78, 5) is 33.4. The Hall–Kier alpha value is -1.24. The van der Waals surface area contributed by atoms with Crippen molar-refractivity contribution < 1.29 is 28.6 Å². The summed E-state index contributed by atoms with van der Waals surface area (Å²) in [6.07, 6.45) is -1.38. The van der Waals surface area contributed by atoms with Gasteiger partial charge in [-0.2, -0.15) is 0 Å². The summed E-state index contributed by atoms with van der Waals surface area (Å²) < 4.78 is 15.5. The summed E-state index contributed by atoms with van der Waals surface area (Å²) in [5.41, 5.74) is -0.651. The van der Waals surface area contributed by atoms with Crippen LogP contribution < -0.4 is 0 Å². The van der Waals surface area contributed by atoms with Gasteiger partial charge in [0.1, 0.15) is 6.10 Å². The van der Waals surface area contributed by atoms with Gasteiger partial charge in [0.25, 0.3) is 0 Å². The summed E-state index contributed by atoms with van der Waals surface area (Å²) in [6.45, 7) is 5.73. The number of rotatable bonds is 3. The molecule has 0 radical (unpaired) electrons. The first-order valence-electron chi connectivity index (χ1n) is 5.94. The van der Waals surface area contributed by atoms with E-state index in [0.717, 1.165) is 0 Å². The lowest BCUT2D eigenvalue weighted by Gasteiger charge is -2.38. The van der Waals surface area contributed by atoms with E-state index in [2.05, 4.69) is 0 Å². The Kier molecular flexibility index (Phi) is 5.65. The Bertz CT molecular complexity index is 369. The largest absolute Gasteiger partial charge is 0.458 e. The van der Waals surface area contributed by atoms with Crippen molar-refractivity contribution >= 4 is 29.7 Å². The number of ether oxygens (including phenoxy) is 3. The summed E-state index contributed by atoms with van der Waals surface area (Å²) in [5, 5.41) is 0. The Morgan fingerprint density at radius 3 is 1.84 bits per heavy atom. The second-order valence-corrected chi connectivity index (χ2v) is 5.57. The normalized spacial score (nSPS) is 30.3. The van der Waals surface area contributed by atoms with Gasteiger partial charge in [0.05, 0.1) is 0 Å². The molecular weight excluding hydrogens is 272 g/mol. The Balaban J connectivity index is 2.89. The van der Waals surface area contributed by atoms with E-state index in [1.807, 2.05) is 6.92 Å². The quantitative estimate of drug-likeness (QED) is 0.569. The van der Waals surface area contributed by atoms with E-state index in [4.69, 9.17) is 14.2 Å². The van der Waals surface area contributed by atoms with Crippen LogP contribution >= 0.6 is 11.8 Å². The third-order valence-corrected chi connectivity index (χ3v) is 3.97. The molecular formula is C12H18O6S. The van der Waals surface area contributed by atoms with Crippen LogP contribution in [0.1, 0.15) is 27.7 Å². The summed E-state index contributed by atoms with van der Waals surface area (Å²) in [5.74, 6) is -0.777. The zero-order chi connectivity index (χ0) is 14.6. The second kappa shape index (κ2) is 6.79. The van der Waals surface area contributed by atoms with Crippen molar-refractivity contribution in [3.05, 3.63) is 0 Å². The van der Waals surface area contributed by atoms with Crippen LogP contribution in [-0.4, -0.2) is 41.3 Å². The SMILES string of the molecule is CC(=O)OC1SC[C@@H](C)[C@H](OC(C)=O)[C@H]1OC(C)=O. The van der Waals surface area contributed by atoms with Crippen molar-refractivity contribution in [2.45, 2.75) is 45.3 Å². The number of esters is 3. The minimum absolute atomic E-state index is 0.00468. The van der Waals surface area contributed by atoms with Gasteiger partial charge in [-0.1, -0.05) is 6.92 Å². The fourth-order valence-corrected chi connectivity index (χ4v) is 3.16. The molecule has 1 fully saturated rings. The fraction of sp³-hybridized carbons (Fsp3) is 0.750. The molecule has 7 heteroatoms. The van der Waals surface area contributed by atoms with Crippen LogP contribution in [0.25, 0.3) is 0 Å². The smallest absolute Gasteiger partial charge is 0.303 e. The van der Waals surface area contributed by atoms with Crippen molar-refractivity contribution in [2.24, 2.45) is 5.92 Å². The molecule has 0 N–H and O–H groups in total. The van der Waals surface area contributed by atoms with Crippen molar-refractivity contribution in [2.75, 3.05) is 5.75 Å². The molecule has 0 saturated carbocycles. The van der Waals surface area contributed by atoms with Crippen molar-refractivity contribution in [3.63, 3.8) is 0 Å². The summed E-state index contributed by atoms with van der Waals surface area (Å²) in [6, 6.07) is 0. The van der Waals surface area contributed by atoms with E-state index in [1.54, 1.807) is 0 Å². The first kappa shape index (κ1) is 15.8. The zero-order valence-corrected chi connectivity index (χ0v) is 12.2. The lowest BCUT2D eigenvalue weighted by Crippen LogP contribution is -2.50. The van der Waals surface area contributed by atoms with Gasteiger partial charge in [-0.15, -0.1) is 11.8 Å². The van der Waals surface area contributed by atoms with Crippen LogP contribution in [0.15, 0.2) is 0 Å². The van der Waals surface area contributed by atoms with Crippen molar-refractivity contribution in [1.82, 2.24) is 0 Å². The predicted molar refractivity (Wildman–Crippen MR) is 68.3 cm³/mol. The maximum Gasteiger partial charge on any atom is 0.303 e. The Morgan fingerprint density at radius 2 is 1.37 bits per heavy atom. The van der Waals surface area contributed by atoms with E-state index < -0.39 is 35.6 Å². The molecule has 6 nitrogen and oxygen atoms in total. The fourth-order valence-electron chi connectivity index (χ4n) is 1.87. The maximum atomic E-state index is 11.2. The average Bonchev–Trinajstić information content (AvgIpc) is 2.25. The van der Waals surface area contributed by atoms with Gasteiger partial charge in [0, 0.05) is 32.4 Å². The monoisotopic (exact) mass is 290 g/mol. The van der Waals surface area contributed by atoms with E-state index >= 15 is 0 Å². The van der Waals surface area contributed by atoms with Gasteiger partial charge >= 0.3 is 17.9 Å². The van der Waals surface area contributed by atoms with E-state index in [-0.39, 0.29) is 5.92 Å². The third kappa shape index (κ3) is 4.74. The number of hydrogen-bond donors (Lipinski definition) is 0. The first-order chi connectivity index (χ1) is 8.81. The molecule has 0 aromatic carbocycles. The van der Waals surface area contributed by atoms with Crippen LogP contribution in [0.3, 0.4) is 0 Å². The molecule has 0 spiro atoms. The number of carbonyl (C=O) groups excluding carboxylic acids is 3. The molecule has 1 aliphatic heterocycles. The molecule has 0 aliphatic carbocycles. The van der Waals surface area contributed by atoms with Gasteiger partial charge in [-0.25, -0.2) is 0 Å². The molecule has 19 heavy (non-hydrogen) atoms. The highest BCUT2D eigenvalue weighted by Gasteiger charge is 2.44. The minimum Gasteiger partial charge on any atom is -0.458 e. The highest BCUT2D eigenvalue weighted by atomic mass is 32.2. The first-order valence-corrected chi connectivity index (χ1v) is 6.99. The highest BCUT2D eigenvalue weighted by Crippen LogP contribution is 2.34. The molecule has 1 saturated heterocycles. The predicted octanol–water partition coefficient (Wildman–Crippen LogP) is 1.12. The highest BCUT2D eigenvalue weighted by molar-refractivity contribution is 7.99. The molecule has 1 aliphatic rings. The van der Waals surface area contributed by atoms with E-state index in [1.165, 1.54) is 32.5 Å². The second-order valence-electron chi connectivity index (χ2n) is 4.44. The van der Waals surface area contributed by atoms with E-state index in [0.29, 0.717) is 5.75 Å². The lowest BCUT2D eigenvalue weighted by atomic mass is 10.0. The van der Waals surface area contributed by atoms with Crippen LogP contribution in [0.5, 0.6) is 0 Å². The van der Waals surface area contributed by atoms with Crippen molar-refractivity contribution in [1.29, 1.82) is 0 Å². The van der Waals surface area contributed by atoms with Gasteiger partial charge in [0.2, 0.25) is 0 Å². The number of hydrogen-bond acceptors (Lipinski definition) is 7. The number of thioether (sulfide) groups is 1. The number of carbonyl (C=O) groups is 3. The maximum absolute atomic E-state index is 11.2. The molecule has 0 bridgehead atoms. The molecule has 108 valence electrons. The summed E-state index contributed by atoms with van der Waals surface area (Å²) >= 11 is 1.37. The molecule has 0 amide bonds. The summed E-state index contributed by atoms with van der Waals surface area (Å²) in [7, 11) is 0. The Labute approximate surface area is 116 Å². The van der Waals surface area contributed by atoms with Crippen LogP contribution in [0.2, 0.25) is 0 Å². The third-order valence-electron chi connectivity index (χ3n) is 2.56. The Morgan fingerprint density at radius 1 is 0.895 bits per heavy atom. The molecule has 1 rings (SSSR count).